The maximum atomic E-state index is 12.4. The van der Waals surface area contributed by atoms with Crippen molar-refractivity contribution in [1.82, 2.24) is 4.31 Å². The van der Waals surface area contributed by atoms with Crippen LogP contribution in [0.2, 0.25) is 0 Å². The lowest BCUT2D eigenvalue weighted by Gasteiger charge is -2.41. The normalized spacial score (nSPS) is 28.4. The third-order valence-electron chi connectivity index (χ3n) is 4.54. The molecule has 3 rings (SSSR count). The van der Waals surface area contributed by atoms with Gasteiger partial charge in [0, 0.05) is 18.5 Å². The molecule has 0 radical (unpaired) electrons. The average molecular weight is 295 g/mol. The number of aliphatic hydroxyl groups excluding tert-OH is 1. The van der Waals surface area contributed by atoms with Crippen LogP contribution in [0.3, 0.4) is 0 Å². The molecule has 1 atom stereocenters. The lowest BCUT2D eigenvalue weighted by molar-refractivity contribution is 0.129. The molecule has 0 spiro atoms. The van der Waals surface area contributed by atoms with Gasteiger partial charge in [-0.3, -0.25) is 0 Å². The third kappa shape index (κ3) is 2.38. The van der Waals surface area contributed by atoms with Crippen LogP contribution in [0.25, 0.3) is 0 Å². The molecule has 1 saturated carbocycles. The number of benzene rings is 1. The number of hydrogen-bond acceptors (Lipinski definition) is 3. The lowest BCUT2D eigenvalue weighted by Crippen LogP contribution is -2.51. The molecule has 0 unspecified atom stereocenters. The molecule has 2 fully saturated rings. The molecule has 1 aromatic rings. The first-order valence-electron chi connectivity index (χ1n) is 7.24. The maximum absolute atomic E-state index is 12.4. The van der Waals surface area contributed by atoms with Crippen molar-refractivity contribution in [3.05, 3.63) is 35.9 Å². The predicted molar refractivity (Wildman–Crippen MR) is 78.0 cm³/mol. The average Bonchev–Trinajstić information content (AvgIpc) is 3.33. The summed E-state index contributed by atoms with van der Waals surface area (Å²) in [4.78, 5) is 0. The Morgan fingerprint density at radius 2 is 1.95 bits per heavy atom. The van der Waals surface area contributed by atoms with Crippen molar-refractivity contribution in [2.45, 2.75) is 36.3 Å². The molecule has 110 valence electrons. The number of hydrogen-bond donors (Lipinski definition) is 1. The van der Waals surface area contributed by atoms with E-state index in [4.69, 9.17) is 0 Å². The van der Waals surface area contributed by atoms with E-state index in [0.29, 0.717) is 13.1 Å². The molecule has 1 N–H and O–H groups in total. The fourth-order valence-corrected chi connectivity index (χ4v) is 5.10. The van der Waals surface area contributed by atoms with E-state index >= 15 is 0 Å². The van der Waals surface area contributed by atoms with E-state index < -0.39 is 15.4 Å². The Bertz CT molecular complexity index is 568. The summed E-state index contributed by atoms with van der Waals surface area (Å²) in [6.07, 6.45) is 3.22. The van der Waals surface area contributed by atoms with Crippen LogP contribution in [0.4, 0.5) is 0 Å². The molecule has 1 heterocycles. The van der Waals surface area contributed by atoms with E-state index in [-0.39, 0.29) is 11.9 Å². The molecule has 1 aromatic carbocycles. The van der Waals surface area contributed by atoms with Crippen molar-refractivity contribution in [3.8, 4) is 0 Å². The predicted octanol–water partition coefficient (Wildman–Crippen LogP) is 1.50. The minimum absolute atomic E-state index is 0.00625. The van der Waals surface area contributed by atoms with Gasteiger partial charge in [0.05, 0.1) is 11.9 Å². The Labute approximate surface area is 120 Å². The molecule has 0 bridgehead atoms. The van der Waals surface area contributed by atoms with Crippen molar-refractivity contribution < 1.29 is 13.5 Å². The summed E-state index contributed by atoms with van der Waals surface area (Å²) in [5.41, 5.74) is 0.597. The van der Waals surface area contributed by atoms with E-state index in [9.17, 15) is 13.5 Å². The van der Waals surface area contributed by atoms with Gasteiger partial charge in [-0.05, 0) is 31.2 Å². The van der Waals surface area contributed by atoms with Gasteiger partial charge in [0.1, 0.15) is 0 Å². The van der Waals surface area contributed by atoms with Crippen LogP contribution in [0.5, 0.6) is 0 Å². The molecule has 0 amide bonds. The van der Waals surface area contributed by atoms with Crippen LogP contribution in [0, 0.1) is 0 Å². The van der Waals surface area contributed by atoms with Crippen LogP contribution >= 0.6 is 0 Å². The maximum Gasteiger partial charge on any atom is 0.217 e. The minimum atomic E-state index is -3.16. The summed E-state index contributed by atoms with van der Waals surface area (Å²) in [5.74, 6) is 0. The van der Waals surface area contributed by atoms with Gasteiger partial charge in [-0.2, -0.15) is 0 Å². The zero-order valence-corrected chi connectivity index (χ0v) is 12.3. The summed E-state index contributed by atoms with van der Waals surface area (Å²) < 4.78 is 26.5. The van der Waals surface area contributed by atoms with Crippen molar-refractivity contribution in [2.75, 3.05) is 19.7 Å². The Kier molecular flexibility index (Phi) is 3.60. The van der Waals surface area contributed by atoms with Crippen molar-refractivity contribution >= 4 is 10.0 Å². The number of piperidine rings is 1. The first-order valence-corrected chi connectivity index (χ1v) is 8.74. The van der Waals surface area contributed by atoms with Gasteiger partial charge in [-0.1, -0.05) is 30.3 Å². The summed E-state index contributed by atoms with van der Waals surface area (Å²) in [5, 5.41) is 9.74. The highest BCUT2D eigenvalue weighted by Crippen LogP contribution is 2.38. The molecule has 1 aliphatic heterocycles. The summed E-state index contributed by atoms with van der Waals surface area (Å²) >= 11 is 0. The molecule has 1 aliphatic carbocycles. The monoisotopic (exact) mass is 295 g/mol. The van der Waals surface area contributed by atoms with Crippen LogP contribution < -0.4 is 0 Å². The summed E-state index contributed by atoms with van der Waals surface area (Å²) in [6.45, 7) is 0.994. The summed E-state index contributed by atoms with van der Waals surface area (Å²) in [7, 11) is -3.16. The second-order valence-electron chi connectivity index (χ2n) is 5.99. The van der Waals surface area contributed by atoms with Gasteiger partial charge < -0.3 is 5.11 Å². The molecule has 2 aliphatic rings. The smallest absolute Gasteiger partial charge is 0.217 e. The van der Waals surface area contributed by atoms with E-state index in [2.05, 4.69) is 0 Å². The number of aliphatic hydroxyl groups is 1. The standard InChI is InChI=1S/C15H21NO3S/c17-12-15(13-5-2-1-3-6-13)9-4-10-16(11-15)20(18,19)14-7-8-14/h1-3,5-6,14,17H,4,7-12H2/t15-/m1/s1. The highest BCUT2D eigenvalue weighted by Gasteiger charge is 2.45. The van der Waals surface area contributed by atoms with Crippen molar-refractivity contribution in [2.24, 2.45) is 0 Å². The number of nitrogens with zero attached hydrogens (tertiary/aromatic N) is 1. The Morgan fingerprint density at radius 1 is 1.25 bits per heavy atom. The fourth-order valence-electron chi connectivity index (χ4n) is 3.13. The molecule has 1 saturated heterocycles. The van der Waals surface area contributed by atoms with Gasteiger partial charge in [-0.15, -0.1) is 0 Å². The third-order valence-corrected chi connectivity index (χ3v) is 6.88. The van der Waals surface area contributed by atoms with Gasteiger partial charge in [0.25, 0.3) is 0 Å². The fraction of sp³-hybridized carbons (Fsp3) is 0.600. The Hall–Kier alpha value is -0.910. The topological polar surface area (TPSA) is 57.6 Å². The second-order valence-corrected chi connectivity index (χ2v) is 8.20. The van der Waals surface area contributed by atoms with E-state index in [1.54, 1.807) is 4.31 Å². The van der Waals surface area contributed by atoms with E-state index in [0.717, 1.165) is 31.2 Å². The zero-order chi connectivity index (χ0) is 14.2. The van der Waals surface area contributed by atoms with E-state index in [1.807, 2.05) is 30.3 Å². The second kappa shape index (κ2) is 5.13. The van der Waals surface area contributed by atoms with Crippen molar-refractivity contribution in [3.63, 3.8) is 0 Å². The van der Waals surface area contributed by atoms with Crippen LogP contribution in [-0.2, 0) is 15.4 Å². The number of sulfonamides is 1. The quantitative estimate of drug-likeness (QED) is 0.916. The lowest BCUT2D eigenvalue weighted by atomic mass is 9.75. The van der Waals surface area contributed by atoms with Crippen LogP contribution in [0.15, 0.2) is 30.3 Å². The minimum Gasteiger partial charge on any atom is -0.395 e. The molecule has 5 heteroatoms. The van der Waals surface area contributed by atoms with Crippen molar-refractivity contribution in [1.29, 1.82) is 0 Å². The highest BCUT2D eigenvalue weighted by molar-refractivity contribution is 7.90. The molecule has 20 heavy (non-hydrogen) atoms. The Balaban J connectivity index is 1.89. The number of rotatable bonds is 4. The first kappa shape index (κ1) is 14.0. The highest BCUT2D eigenvalue weighted by atomic mass is 32.2. The van der Waals surface area contributed by atoms with Crippen LogP contribution in [0.1, 0.15) is 31.2 Å². The zero-order valence-electron chi connectivity index (χ0n) is 11.5. The van der Waals surface area contributed by atoms with Crippen LogP contribution in [-0.4, -0.2) is 42.8 Å². The van der Waals surface area contributed by atoms with Gasteiger partial charge in [0.15, 0.2) is 0 Å². The van der Waals surface area contributed by atoms with Gasteiger partial charge in [0.2, 0.25) is 10.0 Å². The summed E-state index contributed by atoms with van der Waals surface area (Å²) in [6, 6.07) is 9.81. The molecular formula is C15H21NO3S. The van der Waals surface area contributed by atoms with E-state index in [1.165, 1.54) is 0 Å². The Morgan fingerprint density at radius 3 is 2.55 bits per heavy atom. The van der Waals surface area contributed by atoms with Gasteiger partial charge in [-0.25, -0.2) is 12.7 Å². The first-order chi connectivity index (χ1) is 9.58. The molecule has 4 nitrogen and oxygen atoms in total. The molecular weight excluding hydrogens is 274 g/mol. The SMILES string of the molecule is O=S(=O)(C1CC1)N1CCC[C@@](CO)(c2ccccc2)C1. The largest absolute Gasteiger partial charge is 0.395 e. The van der Waals surface area contributed by atoms with Gasteiger partial charge >= 0.3 is 0 Å². The molecule has 0 aromatic heterocycles.